The van der Waals surface area contributed by atoms with Gasteiger partial charge < -0.3 is 10.3 Å². The van der Waals surface area contributed by atoms with Crippen molar-refractivity contribution in [2.75, 3.05) is 5.32 Å². The van der Waals surface area contributed by atoms with Crippen molar-refractivity contribution in [2.45, 2.75) is 19.9 Å². The number of aromatic nitrogens is 3. The molecule has 2 heterocycles. The molecule has 4 heteroatoms. The van der Waals surface area contributed by atoms with E-state index in [-0.39, 0.29) is 6.04 Å². The number of aryl methyl sites for hydroxylation is 1. The Labute approximate surface area is 88.8 Å². The highest BCUT2D eigenvalue weighted by Crippen LogP contribution is 2.16. The lowest BCUT2D eigenvalue weighted by atomic mass is 10.2. The maximum atomic E-state index is 4.28. The van der Waals surface area contributed by atoms with E-state index in [1.165, 1.54) is 0 Å². The zero-order valence-corrected chi connectivity index (χ0v) is 8.86. The second-order valence-corrected chi connectivity index (χ2v) is 3.51. The standard InChI is InChI=1S/C11H14N4/c1-8-4-3-5-12-10(8)15-9(2)11-13-6-7-14-11/h3-7,9H,1-2H3,(H,12,15)(H,13,14). The van der Waals surface area contributed by atoms with Crippen LogP contribution >= 0.6 is 0 Å². The normalized spacial score (nSPS) is 12.4. The molecule has 2 aromatic rings. The van der Waals surface area contributed by atoms with E-state index in [0.717, 1.165) is 17.2 Å². The highest BCUT2D eigenvalue weighted by Gasteiger charge is 2.08. The predicted molar refractivity (Wildman–Crippen MR) is 59.6 cm³/mol. The quantitative estimate of drug-likeness (QED) is 0.802. The van der Waals surface area contributed by atoms with E-state index in [4.69, 9.17) is 0 Å². The summed E-state index contributed by atoms with van der Waals surface area (Å²) in [5, 5.41) is 3.31. The van der Waals surface area contributed by atoms with Gasteiger partial charge in [0, 0.05) is 18.6 Å². The Bertz CT molecular complexity index is 422. The Morgan fingerprint density at radius 3 is 2.87 bits per heavy atom. The number of hydrogen-bond donors (Lipinski definition) is 2. The minimum atomic E-state index is 0.133. The lowest BCUT2D eigenvalue weighted by Gasteiger charge is -2.13. The average Bonchev–Trinajstić information content (AvgIpc) is 2.74. The molecule has 2 rings (SSSR count). The number of rotatable bonds is 3. The van der Waals surface area contributed by atoms with E-state index in [1.807, 2.05) is 32.2 Å². The number of hydrogen-bond acceptors (Lipinski definition) is 3. The number of H-pyrrole nitrogens is 1. The maximum absolute atomic E-state index is 4.28. The SMILES string of the molecule is Cc1cccnc1NC(C)c1ncc[nH]1. The summed E-state index contributed by atoms with van der Waals surface area (Å²) >= 11 is 0. The van der Waals surface area contributed by atoms with Crippen LogP contribution in [0.3, 0.4) is 0 Å². The third kappa shape index (κ3) is 2.15. The van der Waals surface area contributed by atoms with E-state index in [2.05, 4.69) is 20.3 Å². The number of anilines is 1. The second kappa shape index (κ2) is 4.13. The molecule has 0 bridgehead atoms. The molecule has 4 nitrogen and oxygen atoms in total. The molecule has 1 unspecified atom stereocenters. The third-order valence-corrected chi connectivity index (χ3v) is 2.29. The van der Waals surface area contributed by atoms with Gasteiger partial charge in [0.2, 0.25) is 0 Å². The monoisotopic (exact) mass is 202 g/mol. The molecule has 2 aromatic heterocycles. The summed E-state index contributed by atoms with van der Waals surface area (Å²) in [6.45, 7) is 4.08. The van der Waals surface area contributed by atoms with Crippen LogP contribution in [0.5, 0.6) is 0 Å². The average molecular weight is 202 g/mol. The van der Waals surface area contributed by atoms with Gasteiger partial charge in [-0.1, -0.05) is 6.07 Å². The number of imidazole rings is 1. The molecule has 0 saturated heterocycles. The molecule has 0 spiro atoms. The fraction of sp³-hybridized carbons (Fsp3) is 0.273. The van der Waals surface area contributed by atoms with E-state index < -0.39 is 0 Å². The summed E-state index contributed by atoms with van der Waals surface area (Å²) in [4.78, 5) is 11.5. The van der Waals surface area contributed by atoms with E-state index in [9.17, 15) is 0 Å². The third-order valence-electron chi connectivity index (χ3n) is 2.29. The van der Waals surface area contributed by atoms with Gasteiger partial charge in [-0.25, -0.2) is 9.97 Å². The topological polar surface area (TPSA) is 53.6 Å². The van der Waals surface area contributed by atoms with Gasteiger partial charge in [-0.2, -0.15) is 0 Å². The zero-order valence-electron chi connectivity index (χ0n) is 8.86. The van der Waals surface area contributed by atoms with Gasteiger partial charge in [-0.15, -0.1) is 0 Å². The van der Waals surface area contributed by atoms with Gasteiger partial charge in [-0.3, -0.25) is 0 Å². The van der Waals surface area contributed by atoms with Crippen molar-refractivity contribution in [1.29, 1.82) is 0 Å². The van der Waals surface area contributed by atoms with Crippen molar-refractivity contribution in [3.63, 3.8) is 0 Å². The Hall–Kier alpha value is -1.84. The van der Waals surface area contributed by atoms with Crippen LogP contribution in [-0.4, -0.2) is 15.0 Å². The van der Waals surface area contributed by atoms with E-state index in [0.29, 0.717) is 0 Å². The van der Waals surface area contributed by atoms with Crippen molar-refractivity contribution >= 4 is 5.82 Å². The minimum absolute atomic E-state index is 0.133. The molecule has 1 atom stereocenters. The number of nitrogens with zero attached hydrogens (tertiary/aromatic N) is 2. The molecule has 15 heavy (non-hydrogen) atoms. The molecule has 2 N–H and O–H groups in total. The van der Waals surface area contributed by atoms with Crippen molar-refractivity contribution in [3.05, 3.63) is 42.1 Å². The number of pyridine rings is 1. The van der Waals surface area contributed by atoms with Crippen molar-refractivity contribution in [3.8, 4) is 0 Å². The van der Waals surface area contributed by atoms with Gasteiger partial charge in [0.1, 0.15) is 11.6 Å². The number of nitrogens with one attached hydrogen (secondary N) is 2. The minimum Gasteiger partial charge on any atom is -0.360 e. The van der Waals surface area contributed by atoms with Crippen LogP contribution in [0.4, 0.5) is 5.82 Å². The molecule has 0 amide bonds. The van der Waals surface area contributed by atoms with E-state index in [1.54, 1.807) is 12.4 Å². The summed E-state index contributed by atoms with van der Waals surface area (Å²) in [6.07, 6.45) is 5.35. The molecule has 0 aliphatic carbocycles. The first-order valence-corrected chi connectivity index (χ1v) is 4.95. The maximum Gasteiger partial charge on any atom is 0.129 e. The van der Waals surface area contributed by atoms with Gasteiger partial charge >= 0.3 is 0 Å². The largest absolute Gasteiger partial charge is 0.360 e. The highest BCUT2D eigenvalue weighted by atomic mass is 15.1. The fourth-order valence-corrected chi connectivity index (χ4v) is 1.42. The Kier molecular flexibility index (Phi) is 2.67. The van der Waals surface area contributed by atoms with E-state index >= 15 is 0 Å². The molecule has 0 aromatic carbocycles. The fourth-order valence-electron chi connectivity index (χ4n) is 1.42. The first-order chi connectivity index (χ1) is 7.27. The van der Waals surface area contributed by atoms with Gasteiger partial charge in [-0.05, 0) is 25.5 Å². The van der Waals surface area contributed by atoms with Crippen molar-refractivity contribution < 1.29 is 0 Å². The lowest BCUT2D eigenvalue weighted by Crippen LogP contribution is -2.10. The summed E-state index contributed by atoms with van der Waals surface area (Å²) in [5.74, 6) is 1.82. The van der Waals surface area contributed by atoms with Crippen LogP contribution in [0.15, 0.2) is 30.7 Å². The summed E-state index contributed by atoms with van der Waals surface area (Å²) in [6, 6.07) is 4.09. The van der Waals surface area contributed by atoms with Gasteiger partial charge in [0.25, 0.3) is 0 Å². The summed E-state index contributed by atoms with van der Waals surface area (Å²) in [5.41, 5.74) is 1.14. The Morgan fingerprint density at radius 2 is 2.20 bits per heavy atom. The lowest BCUT2D eigenvalue weighted by molar-refractivity contribution is 0.802. The van der Waals surface area contributed by atoms with Crippen LogP contribution in [0.2, 0.25) is 0 Å². The van der Waals surface area contributed by atoms with Crippen LogP contribution in [0, 0.1) is 6.92 Å². The Morgan fingerprint density at radius 1 is 1.33 bits per heavy atom. The first kappa shape index (κ1) is 9.71. The second-order valence-electron chi connectivity index (χ2n) is 3.51. The van der Waals surface area contributed by atoms with Crippen LogP contribution in [0.25, 0.3) is 0 Å². The van der Waals surface area contributed by atoms with Crippen LogP contribution < -0.4 is 5.32 Å². The van der Waals surface area contributed by atoms with Crippen molar-refractivity contribution in [1.82, 2.24) is 15.0 Å². The smallest absolute Gasteiger partial charge is 0.129 e. The number of aromatic amines is 1. The Balaban J connectivity index is 2.13. The molecule has 0 aliphatic heterocycles. The van der Waals surface area contributed by atoms with Gasteiger partial charge in [0.15, 0.2) is 0 Å². The first-order valence-electron chi connectivity index (χ1n) is 4.95. The van der Waals surface area contributed by atoms with Crippen molar-refractivity contribution in [2.24, 2.45) is 0 Å². The molecule has 78 valence electrons. The summed E-state index contributed by atoms with van der Waals surface area (Å²) < 4.78 is 0. The van der Waals surface area contributed by atoms with Gasteiger partial charge in [0.05, 0.1) is 6.04 Å². The molecular weight excluding hydrogens is 188 g/mol. The zero-order chi connectivity index (χ0) is 10.7. The molecule has 0 radical (unpaired) electrons. The van der Waals surface area contributed by atoms with Crippen LogP contribution in [-0.2, 0) is 0 Å². The summed E-state index contributed by atoms with van der Waals surface area (Å²) in [7, 11) is 0. The molecule has 0 saturated carbocycles. The van der Waals surface area contributed by atoms with Crippen LogP contribution in [0.1, 0.15) is 24.4 Å². The molecule has 0 aliphatic rings. The predicted octanol–water partition coefficient (Wildman–Crippen LogP) is 2.29. The highest BCUT2D eigenvalue weighted by molar-refractivity contribution is 5.43. The molecule has 0 fully saturated rings. The molecular formula is C11H14N4.